The van der Waals surface area contributed by atoms with Gasteiger partial charge in [0.15, 0.2) is 0 Å². The van der Waals surface area contributed by atoms with E-state index in [9.17, 15) is 5.11 Å². The summed E-state index contributed by atoms with van der Waals surface area (Å²) in [6.45, 7) is 4.06. The summed E-state index contributed by atoms with van der Waals surface area (Å²) in [5, 5.41) is 11.2. The van der Waals surface area contributed by atoms with E-state index >= 15 is 0 Å². The number of rotatable bonds is 2. The van der Waals surface area contributed by atoms with Gasteiger partial charge in [0.1, 0.15) is 0 Å². The molecule has 3 heterocycles. The van der Waals surface area contributed by atoms with Crippen LogP contribution in [-0.2, 0) is 4.74 Å². The van der Waals surface area contributed by atoms with E-state index in [1.807, 2.05) is 6.92 Å². The molecule has 0 bridgehead atoms. The van der Waals surface area contributed by atoms with Crippen molar-refractivity contribution in [3.8, 4) is 0 Å². The molecule has 1 aromatic rings. The van der Waals surface area contributed by atoms with E-state index in [2.05, 4.69) is 14.9 Å². The predicted octanol–water partition coefficient (Wildman–Crippen LogP) is 1.89. The quantitative estimate of drug-likeness (QED) is 0.903. The molecule has 0 aromatic carbocycles. The number of hydrogen-bond acceptors (Lipinski definition) is 5. The highest BCUT2D eigenvalue weighted by Crippen LogP contribution is 2.37. The molecule has 2 aliphatic heterocycles. The molecule has 0 radical (unpaired) electrons. The maximum Gasteiger partial charge on any atom is 0.225 e. The van der Waals surface area contributed by atoms with Gasteiger partial charge in [-0.1, -0.05) is 11.6 Å². The van der Waals surface area contributed by atoms with Crippen LogP contribution in [0.4, 0.5) is 5.95 Å². The molecule has 3 rings (SSSR count). The Morgan fingerprint density at radius 3 is 2.90 bits per heavy atom. The van der Waals surface area contributed by atoms with Crippen molar-refractivity contribution in [2.45, 2.75) is 37.8 Å². The third kappa shape index (κ3) is 2.62. The Labute approximate surface area is 123 Å². The maximum absolute atomic E-state index is 10.6. The smallest absolute Gasteiger partial charge is 0.225 e. The van der Waals surface area contributed by atoms with E-state index in [1.54, 1.807) is 12.4 Å². The molecule has 6 heteroatoms. The van der Waals surface area contributed by atoms with Gasteiger partial charge in [-0.2, -0.15) is 0 Å². The lowest BCUT2D eigenvalue weighted by Crippen LogP contribution is -2.52. The summed E-state index contributed by atoms with van der Waals surface area (Å²) in [5.74, 6) is 0.788. The molecule has 0 spiro atoms. The van der Waals surface area contributed by atoms with Crippen molar-refractivity contribution in [1.29, 1.82) is 0 Å². The molecule has 2 saturated heterocycles. The number of ether oxygens (including phenoxy) is 1. The van der Waals surface area contributed by atoms with Gasteiger partial charge in [-0.15, -0.1) is 0 Å². The minimum atomic E-state index is -0.683. The molecule has 0 unspecified atom stereocenters. The zero-order valence-corrected chi connectivity index (χ0v) is 12.4. The van der Waals surface area contributed by atoms with Crippen LogP contribution in [0.3, 0.4) is 0 Å². The van der Waals surface area contributed by atoms with Crippen LogP contribution in [0.1, 0.15) is 26.2 Å². The standard InChI is InChI=1S/C14H20ClN3O2/c1-14(19)4-6-20-9-11(14)12-3-2-5-18(12)13-16-7-10(15)8-17-13/h7-8,11-12,19H,2-6,9H2,1H3/t11-,12-,14-/m0/s1. The molecule has 2 fully saturated rings. The Hall–Kier alpha value is -0.910. The fraction of sp³-hybridized carbons (Fsp3) is 0.714. The molecule has 2 aliphatic rings. The first-order valence-corrected chi connectivity index (χ1v) is 7.50. The molecule has 1 N–H and O–H groups in total. The van der Waals surface area contributed by atoms with Gasteiger partial charge in [-0.25, -0.2) is 9.97 Å². The molecule has 0 aliphatic carbocycles. The lowest BCUT2D eigenvalue weighted by molar-refractivity contribution is -0.108. The topological polar surface area (TPSA) is 58.5 Å². The molecule has 0 amide bonds. The second-order valence-electron chi connectivity index (χ2n) is 5.89. The lowest BCUT2D eigenvalue weighted by atomic mass is 9.79. The summed E-state index contributed by atoms with van der Waals surface area (Å²) >= 11 is 5.85. The number of aromatic nitrogens is 2. The summed E-state index contributed by atoms with van der Waals surface area (Å²) in [5.41, 5.74) is -0.683. The van der Waals surface area contributed by atoms with Crippen molar-refractivity contribution in [1.82, 2.24) is 9.97 Å². The van der Waals surface area contributed by atoms with Crippen LogP contribution in [0.2, 0.25) is 5.02 Å². The average molecular weight is 298 g/mol. The normalized spacial score (nSPS) is 34.5. The monoisotopic (exact) mass is 297 g/mol. The minimum absolute atomic E-state index is 0.0954. The molecular weight excluding hydrogens is 278 g/mol. The van der Waals surface area contributed by atoms with Gasteiger partial charge in [-0.3, -0.25) is 0 Å². The zero-order valence-electron chi connectivity index (χ0n) is 11.6. The molecular formula is C14H20ClN3O2. The Bertz CT molecular complexity index is 466. The van der Waals surface area contributed by atoms with E-state index in [-0.39, 0.29) is 12.0 Å². The van der Waals surface area contributed by atoms with E-state index < -0.39 is 5.60 Å². The number of anilines is 1. The first kappa shape index (κ1) is 14.0. The highest BCUT2D eigenvalue weighted by Gasteiger charge is 2.44. The number of nitrogens with zero attached hydrogens (tertiary/aromatic N) is 3. The van der Waals surface area contributed by atoms with Crippen LogP contribution in [0, 0.1) is 5.92 Å². The summed E-state index contributed by atoms with van der Waals surface area (Å²) in [7, 11) is 0. The van der Waals surface area contributed by atoms with Crippen molar-refractivity contribution in [2.75, 3.05) is 24.7 Å². The SMILES string of the molecule is C[C@]1(O)CCOC[C@H]1[C@@H]1CCCN1c1ncc(Cl)cn1. The number of hydrogen-bond donors (Lipinski definition) is 1. The molecule has 3 atom stereocenters. The summed E-state index contributed by atoms with van der Waals surface area (Å²) in [6, 6.07) is 0.228. The first-order chi connectivity index (χ1) is 9.58. The molecule has 5 nitrogen and oxygen atoms in total. The van der Waals surface area contributed by atoms with E-state index in [1.165, 1.54) is 0 Å². The Kier molecular flexibility index (Phi) is 3.84. The first-order valence-electron chi connectivity index (χ1n) is 7.12. The second kappa shape index (κ2) is 5.47. The van der Waals surface area contributed by atoms with Crippen molar-refractivity contribution < 1.29 is 9.84 Å². The molecule has 0 saturated carbocycles. The molecule has 20 heavy (non-hydrogen) atoms. The van der Waals surface area contributed by atoms with Crippen molar-refractivity contribution in [3.63, 3.8) is 0 Å². The van der Waals surface area contributed by atoms with Gasteiger partial charge in [0.05, 0.1) is 29.6 Å². The van der Waals surface area contributed by atoms with Gasteiger partial charge < -0.3 is 14.7 Å². The van der Waals surface area contributed by atoms with Crippen molar-refractivity contribution in [3.05, 3.63) is 17.4 Å². The highest BCUT2D eigenvalue weighted by atomic mass is 35.5. The van der Waals surface area contributed by atoms with Crippen LogP contribution < -0.4 is 4.90 Å². The third-order valence-corrected chi connectivity index (χ3v) is 4.67. The Balaban J connectivity index is 1.83. The summed E-state index contributed by atoms with van der Waals surface area (Å²) < 4.78 is 5.58. The van der Waals surface area contributed by atoms with Crippen LogP contribution >= 0.6 is 11.6 Å². The molecule has 1 aromatic heterocycles. The molecule has 110 valence electrons. The number of aliphatic hydroxyl groups is 1. The lowest BCUT2D eigenvalue weighted by Gasteiger charge is -2.43. The average Bonchev–Trinajstić information content (AvgIpc) is 2.88. The largest absolute Gasteiger partial charge is 0.390 e. The van der Waals surface area contributed by atoms with Crippen LogP contribution in [0.15, 0.2) is 12.4 Å². The second-order valence-corrected chi connectivity index (χ2v) is 6.33. The van der Waals surface area contributed by atoms with E-state index in [0.29, 0.717) is 30.6 Å². The van der Waals surface area contributed by atoms with Crippen molar-refractivity contribution in [2.24, 2.45) is 5.92 Å². The van der Waals surface area contributed by atoms with Crippen LogP contribution in [0.5, 0.6) is 0 Å². The van der Waals surface area contributed by atoms with Crippen LogP contribution in [-0.4, -0.2) is 46.5 Å². The van der Waals surface area contributed by atoms with Gasteiger partial charge in [0.2, 0.25) is 5.95 Å². The third-order valence-electron chi connectivity index (χ3n) is 4.48. The van der Waals surface area contributed by atoms with E-state index in [0.717, 1.165) is 19.4 Å². The number of halogens is 1. The fourth-order valence-corrected chi connectivity index (χ4v) is 3.39. The van der Waals surface area contributed by atoms with Gasteiger partial charge in [0, 0.05) is 25.1 Å². The summed E-state index contributed by atoms with van der Waals surface area (Å²) in [6.07, 6.45) is 6.05. The maximum atomic E-state index is 10.6. The Morgan fingerprint density at radius 1 is 1.45 bits per heavy atom. The van der Waals surface area contributed by atoms with Gasteiger partial charge in [-0.05, 0) is 26.2 Å². The highest BCUT2D eigenvalue weighted by molar-refractivity contribution is 6.30. The zero-order chi connectivity index (χ0) is 14.2. The predicted molar refractivity (Wildman–Crippen MR) is 77.0 cm³/mol. The van der Waals surface area contributed by atoms with Crippen LogP contribution in [0.25, 0.3) is 0 Å². The van der Waals surface area contributed by atoms with Crippen molar-refractivity contribution >= 4 is 17.5 Å². The van der Waals surface area contributed by atoms with Gasteiger partial charge in [0.25, 0.3) is 0 Å². The van der Waals surface area contributed by atoms with E-state index in [4.69, 9.17) is 16.3 Å². The Morgan fingerprint density at radius 2 is 2.20 bits per heavy atom. The van der Waals surface area contributed by atoms with Gasteiger partial charge >= 0.3 is 0 Å². The fourth-order valence-electron chi connectivity index (χ4n) is 3.29. The minimum Gasteiger partial charge on any atom is -0.390 e. The summed E-state index contributed by atoms with van der Waals surface area (Å²) in [4.78, 5) is 10.8.